The number of carbonyl (C=O) groups excluding carboxylic acids is 1. The number of nitrogens with zero attached hydrogens (tertiary/aromatic N) is 3. The first-order valence-corrected chi connectivity index (χ1v) is 5.40. The standard InChI is InChI=1S/C12H14N4O2/c1-2-3-4-5-11(18)15-12-10(8-13)9-14-16(12)6-7-17/h2-5,9,17H,6-7H2,1H3,(H,15,18)/b3-2+,5-4+. The fraction of sp³-hybridized carbons (Fsp3) is 0.250. The lowest BCUT2D eigenvalue weighted by Gasteiger charge is -2.06. The summed E-state index contributed by atoms with van der Waals surface area (Å²) in [5.41, 5.74) is 0.260. The highest BCUT2D eigenvalue weighted by atomic mass is 16.3. The number of anilines is 1. The van der Waals surface area contributed by atoms with Crippen molar-refractivity contribution in [1.29, 1.82) is 5.26 Å². The molecule has 0 spiro atoms. The summed E-state index contributed by atoms with van der Waals surface area (Å²) in [6, 6.07) is 1.93. The number of aliphatic hydroxyl groups excluding tert-OH is 1. The van der Waals surface area contributed by atoms with Crippen LogP contribution in [0, 0.1) is 11.3 Å². The van der Waals surface area contributed by atoms with Crippen LogP contribution in [0.15, 0.2) is 30.5 Å². The van der Waals surface area contributed by atoms with Crippen LogP contribution < -0.4 is 5.32 Å². The SMILES string of the molecule is C/C=C/C=C/C(=O)Nc1c(C#N)cnn1CCO. The van der Waals surface area contributed by atoms with E-state index in [9.17, 15) is 4.79 Å². The van der Waals surface area contributed by atoms with Crippen LogP contribution in [-0.4, -0.2) is 27.4 Å². The first kappa shape index (κ1) is 13.7. The van der Waals surface area contributed by atoms with Crippen molar-refractivity contribution >= 4 is 11.7 Å². The number of aliphatic hydroxyl groups is 1. The molecule has 0 aromatic carbocycles. The second-order valence-corrected chi connectivity index (χ2v) is 3.34. The van der Waals surface area contributed by atoms with Crippen molar-refractivity contribution < 1.29 is 9.90 Å². The van der Waals surface area contributed by atoms with Gasteiger partial charge in [-0.3, -0.25) is 4.79 Å². The zero-order chi connectivity index (χ0) is 13.4. The van der Waals surface area contributed by atoms with E-state index >= 15 is 0 Å². The number of hydrogen-bond acceptors (Lipinski definition) is 4. The second kappa shape index (κ2) is 7.04. The van der Waals surface area contributed by atoms with Crippen LogP contribution in [0.25, 0.3) is 0 Å². The molecule has 0 bridgehead atoms. The van der Waals surface area contributed by atoms with Gasteiger partial charge in [0.2, 0.25) is 5.91 Å². The monoisotopic (exact) mass is 246 g/mol. The predicted molar refractivity (Wildman–Crippen MR) is 66.6 cm³/mol. The summed E-state index contributed by atoms with van der Waals surface area (Å²) in [5.74, 6) is -0.0639. The summed E-state index contributed by atoms with van der Waals surface area (Å²) in [6.07, 6.45) is 7.79. The fourth-order valence-electron chi connectivity index (χ4n) is 1.28. The van der Waals surface area contributed by atoms with Crippen molar-refractivity contribution in [2.75, 3.05) is 11.9 Å². The van der Waals surface area contributed by atoms with Gasteiger partial charge in [0.05, 0.1) is 19.3 Å². The summed E-state index contributed by atoms with van der Waals surface area (Å²) < 4.78 is 1.37. The van der Waals surface area contributed by atoms with E-state index in [0.717, 1.165) is 0 Å². The first-order valence-electron chi connectivity index (χ1n) is 5.40. The van der Waals surface area contributed by atoms with Crippen LogP contribution in [-0.2, 0) is 11.3 Å². The number of carbonyl (C=O) groups is 1. The highest BCUT2D eigenvalue weighted by molar-refractivity contribution is 5.99. The molecule has 6 heteroatoms. The van der Waals surface area contributed by atoms with Gasteiger partial charge >= 0.3 is 0 Å². The molecule has 1 rings (SSSR count). The van der Waals surface area contributed by atoms with Crippen LogP contribution in [0.2, 0.25) is 0 Å². The van der Waals surface area contributed by atoms with Crippen molar-refractivity contribution in [3.8, 4) is 6.07 Å². The van der Waals surface area contributed by atoms with Gasteiger partial charge in [-0.1, -0.05) is 18.2 Å². The van der Waals surface area contributed by atoms with Crippen LogP contribution in [0.3, 0.4) is 0 Å². The smallest absolute Gasteiger partial charge is 0.249 e. The highest BCUT2D eigenvalue weighted by Crippen LogP contribution is 2.13. The van der Waals surface area contributed by atoms with Crippen molar-refractivity contribution in [3.63, 3.8) is 0 Å². The fourth-order valence-corrected chi connectivity index (χ4v) is 1.28. The third-order valence-electron chi connectivity index (χ3n) is 2.06. The zero-order valence-electron chi connectivity index (χ0n) is 10.00. The number of aromatic nitrogens is 2. The maximum absolute atomic E-state index is 11.6. The predicted octanol–water partition coefficient (Wildman–Crippen LogP) is 0.818. The van der Waals surface area contributed by atoms with Gasteiger partial charge in [-0.2, -0.15) is 10.4 Å². The van der Waals surface area contributed by atoms with E-state index in [-0.39, 0.29) is 24.6 Å². The topological polar surface area (TPSA) is 90.9 Å². The lowest BCUT2D eigenvalue weighted by molar-refractivity contribution is -0.112. The molecule has 2 N–H and O–H groups in total. The summed E-state index contributed by atoms with van der Waals surface area (Å²) in [7, 11) is 0. The minimum Gasteiger partial charge on any atom is -0.394 e. The van der Waals surface area contributed by atoms with Gasteiger partial charge in [0.15, 0.2) is 0 Å². The molecule has 1 heterocycles. The minimum absolute atomic E-state index is 0.121. The number of hydrogen-bond donors (Lipinski definition) is 2. The van der Waals surface area contributed by atoms with E-state index in [2.05, 4.69) is 10.4 Å². The summed E-state index contributed by atoms with van der Waals surface area (Å²) >= 11 is 0. The van der Waals surface area contributed by atoms with E-state index in [1.807, 2.05) is 13.0 Å². The molecule has 1 aromatic heterocycles. The third-order valence-corrected chi connectivity index (χ3v) is 2.06. The molecular weight excluding hydrogens is 232 g/mol. The Morgan fingerprint density at radius 2 is 2.44 bits per heavy atom. The molecule has 0 radical (unpaired) electrons. The maximum atomic E-state index is 11.6. The molecule has 6 nitrogen and oxygen atoms in total. The average Bonchev–Trinajstić information content (AvgIpc) is 2.73. The lowest BCUT2D eigenvalue weighted by Crippen LogP contribution is -2.15. The minimum atomic E-state index is -0.357. The molecular formula is C12H14N4O2. The van der Waals surface area contributed by atoms with Crippen molar-refractivity contribution in [2.24, 2.45) is 0 Å². The van der Waals surface area contributed by atoms with Gasteiger partial charge in [-0.05, 0) is 6.92 Å². The number of nitrogens with one attached hydrogen (secondary N) is 1. The van der Waals surface area contributed by atoms with Crippen LogP contribution in [0.1, 0.15) is 12.5 Å². The molecule has 0 fully saturated rings. The lowest BCUT2D eigenvalue weighted by atomic mass is 10.3. The first-order chi connectivity index (χ1) is 8.72. The molecule has 0 aliphatic rings. The summed E-state index contributed by atoms with van der Waals surface area (Å²) in [6.45, 7) is 1.94. The molecule has 0 unspecified atom stereocenters. The van der Waals surface area contributed by atoms with Crippen LogP contribution in [0.5, 0.6) is 0 Å². The molecule has 18 heavy (non-hydrogen) atoms. The highest BCUT2D eigenvalue weighted by Gasteiger charge is 2.11. The van der Waals surface area contributed by atoms with Crippen molar-refractivity contribution in [2.45, 2.75) is 13.5 Å². The molecule has 0 atom stereocenters. The van der Waals surface area contributed by atoms with E-state index in [1.165, 1.54) is 17.0 Å². The van der Waals surface area contributed by atoms with Crippen molar-refractivity contribution in [1.82, 2.24) is 9.78 Å². The number of allylic oxidation sites excluding steroid dienone is 3. The molecule has 1 aromatic rings. The second-order valence-electron chi connectivity index (χ2n) is 3.34. The quantitative estimate of drug-likeness (QED) is 0.594. The Bertz CT molecular complexity index is 509. The molecule has 0 saturated heterocycles. The molecule has 94 valence electrons. The zero-order valence-corrected chi connectivity index (χ0v) is 10.00. The van der Waals surface area contributed by atoms with Crippen LogP contribution in [0.4, 0.5) is 5.82 Å². The Hall–Kier alpha value is -2.39. The Kier molecular flexibility index (Phi) is 5.35. The third kappa shape index (κ3) is 3.57. The normalized spacial score (nSPS) is 10.9. The van der Waals surface area contributed by atoms with Gasteiger partial charge in [-0.25, -0.2) is 4.68 Å². The Balaban J connectivity index is 2.85. The molecule has 1 amide bonds. The van der Waals surface area contributed by atoms with Crippen LogP contribution >= 0.6 is 0 Å². The van der Waals surface area contributed by atoms with Crippen molar-refractivity contribution in [3.05, 3.63) is 36.1 Å². The maximum Gasteiger partial charge on any atom is 0.249 e. The number of amides is 1. The summed E-state index contributed by atoms with van der Waals surface area (Å²) in [5, 5.41) is 24.2. The molecule has 0 aliphatic carbocycles. The summed E-state index contributed by atoms with van der Waals surface area (Å²) in [4.78, 5) is 11.6. The Labute approximate surface area is 105 Å². The molecule has 0 saturated carbocycles. The largest absolute Gasteiger partial charge is 0.394 e. The van der Waals surface area contributed by atoms with Gasteiger partial charge in [0.1, 0.15) is 17.5 Å². The average molecular weight is 246 g/mol. The molecule has 0 aliphatic heterocycles. The van der Waals surface area contributed by atoms with E-state index < -0.39 is 0 Å². The number of rotatable bonds is 5. The Morgan fingerprint density at radius 1 is 1.67 bits per heavy atom. The van der Waals surface area contributed by atoms with E-state index in [4.69, 9.17) is 10.4 Å². The van der Waals surface area contributed by atoms with E-state index in [1.54, 1.807) is 18.2 Å². The van der Waals surface area contributed by atoms with Gasteiger partial charge < -0.3 is 10.4 Å². The van der Waals surface area contributed by atoms with Gasteiger partial charge in [0.25, 0.3) is 0 Å². The Morgan fingerprint density at radius 3 is 3.06 bits per heavy atom. The number of nitriles is 1. The van der Waals surface area contributed by atoms with Gasteiger partial charge in [0, 0.05) is 6.08 Å². The van der Waals surface area contributed by atoms with Gasteiger partial charge in [-0.15, -0.1) is 0 Å². The van der Waals surface area contributed by atoms with E-state index in [0.29, 0.717) is 5.82 Å².